The third-order valence-corrected chi connectivity index (χ3v) is 4.85. The van der Waals surface area contributed by atoms with Crippen LogP contribution in [0.25, 0.3) is 5.65 Å². The lowest BCUT2D eigenvalue weighted by atomic mass is 9.92. The number of carbonyl (C=O) groups is 1. The molecule has 0 aromatic carbocycles. The van der Waals surface area contributed by atoms with E-state index in [0.29, 0.717) is 23.7 Å². The Bertz CT molecular complexity index is 915. The SMILES string of the molecule is CN1CCC(c2nccnc2CNC(=O)c2cnn3cccnc23)CC1. The summed E-state index contributed by atoms with van der Waals surface area (Å²) in [6.45, 7) is 2.46. The van der Waals surface area contributed by atoms with Crippen LogP contribution in [0.3, 0.4) is 0 Å². The molecule has 1 aliphatic rings. The smallest absolute Gasteiger partial charge is 0.257 e. The van der Waals surface area contributed by atoms with Gasteiger partial charge in [0.05, 0.1) is 24.1 Å². The first-order valence-electron chi connectivity index (χ1n) is 8.77. The number of carbonyl (C=O) groups excluding carboxylic acids is 1. The third-order valence-electron chi connectivity index (χ3n) is 4.85. The van der Waals surface area contributed by atoms with E-state index in [4.69, 9.17) is 0 Å². The van der Waals surface area contributed by atoms with E-state index in [1.54, 1.807) is 35.4 Å². The van der Waals surface area contributed by atoms with Gasteiger partial charge in [-0.25, -0.2) is 9.50 Å². The minimum atomic E-state index is -0.210. The van der Waals surface area contributed by atoms with Gasteiger partial charge in [0, 0.05) is 30.7 Å². The van der Waals surface area contributed by atoms with Crippen molar-refractivity contribution in [2.75, 3.05) is 20.1 Å². The average Bonchev–Trinajstić information content (AvgIpc) is 3.11. The molecule has 1 fully saturated rings. The topological polar surface area (TPSA) is 88.3 Å². The van der Waals surface area contributed by atoms with Gasteiger partial charge >= 0.3 is 0 Å². The zero-order valence-corrected chi connectivity index (χ0v) is 14.7. The standard InChI is InChI=1S/C18H21N7O/c1-24-9-3-13(4-10-24)16-15(19-6-7-20-16)12-22-18(26)14-11-23-25-8-2-5-21-17(14)25/h2,5-8,11,13H,3-4,9-10,12H2,1H3,(H,22,26). The van der Waals surface area contributed by atoms with Crippen molar-refractivity contribution in [3.8, 4) is 0 Å². The van der Waals surface area contributed by atoms with Gasteiger partial charge in [-0.3, -0.25) is 14.8 Å². The maximum atomic E-state index is 12.6. The van der Waals surface area contributed by atoms with Gasteiger partial charge in [-0.15, -0.1) is 0 Å². The average molecular weight is 351 g/mol. The van der Waals surface area contributed by atoms with Crippen LogP contribution in [-0.4, -0.2) is 55.5 Å². The third kappa shape index (κ3) is 3.28. The molecule has 0 saturated carbocycles. The van der Waals surface area contributed by atoms with Crippen LogP contribution in [-0.2, 0) is 6.54 Å². The lowest BCUT2D eigenvalue weighted by Gasteiger charge is -2.29. The molecule has 3 aromatic heterocycles. The number of nitrogens with zero attached hydrogens (tertiary/aromatic N) is 6. The molecule has 0 aliphatic carbocycles. The Morgan fingerprint density at radius 3 is 2.85 bits per heavy atom. The fourth-order valence-corrected chi connectivity index (χ4v) is 3.38. The van der Waals surface area contributed by atoms with Crippen LogP contribution < -0.4 is 5.32 Å². The summed E-state index contributed by atoms with van der Waals surface area (Å²) in [5.74, 6) is 0.184. The normalized spacial score (nSPS) is 16.0. The molecule has 134 valence electrons. The van der Waals surface area contributed by atoms with Crippen LogP contribution in [0.2, 0.25) is 0 Å². The van der Waals surface area contributed by atoms with Crippen molar-refractivity contribution < 1.29 is 4.79 Å². The van der Waals surface area contributed by atoms with E-state index in [-0.39, 0.29) is 5.91 Å². The Labute approximate surface area is 151 Å². The van der Waals surface area contributed by atoms with Crippen LogP contribution >= 0.6 is 0 Å². The number of hydrogen-bond donors (Lipinski definition) is 1. The molecule has 0 bridgehead atoms. The van der Waals surface area contributed by atoms with Crippen molar-refractivity contribution in [3.05, 3.63) is 54.0 Å². The van der Waals surface area contributed by atoms with Crippen molar-refractivity contribution in [1.29, 1.82) is 0 Å². The van der Waals surface area contributed by atoms with Gasteiger partial charge < -0.3 is 10.2 Å². The van der Waals surface area contributed by atoms with Crippen molar-refractivity contribution in [1.82, 2.24) is 34.8 Å². The molecule has 8 nitrogen and oxygen atoms in total. The van der Waals surface area contributed by atoms with Crippen LogP contribution in [0.15, 0.2) is 37.1 Å². The van der Waals surface area contributed by atoms with E-state index in [1.807, 2.05) is 0 Å². The Morgan fingerprint density at radius 1 is 1.19 bits per heavy atom. The summed E-state index contributed by atoms with van der Waals surface area (Å²) in [4.78, 5) is 28.1. The number of hydrogen-bond acceptors (Lipinski definition) is 6. The predicted molar refractivity (Wildman–Crippen MR) is 95.7 cm³/mol. The van der Waals surface area contributed by atoms with Crippen LogP contribution in [0, 0.1) is 0 Å². The van der Waals surface area contributed by atoms with Crippen LogP contribution in [0.4, 0.5) is 0 Å². The summed E-state index contributed by atoms with van der Waals surface area (Å²) in [5, 5.41) is 7.09. The summed E-state index contributed by atoms with van der Waals surface area (Å²) < 4.78 is 1.58. The van der Waals surface area contributed by atoms with E-state index in [1.165, 1.54) is 6.20 Å². The molecular weight excluding hydrogens is 330 g/mol. The summed E-state index contributed by atoms with van der Waals surface area (Å²) in [5.41, 5.74) is 2.83. The summed E-state index contributed by atoms with van der Waals surface area (Å²) in [7, 11) is 2.14. The molecule has 0 unspecified atom stereocenters. The molecule has 0 radical (unpaired) electrons. The second kappa shape index (κ2) is 7.17. The maximum absolute atomic E-state index is 12.6. The zero-order chi connectivity index (χ0) is 17.9. The summed E-state index contributed by atoms with van der Waals surface area (Å²) in [6.07, 6.45) is 10.5. The van der Waals surface area contributed by atoms with Gasteiger partial charge in [-0.05, 0) is 39.0 Å². The van der Waals surface area contributed by atoms with E-state index in [0.717, 1.165) is 37.3 Å². The Balaban J connectivity index is 1.49. The molecule has 0 atom stereocenters. The number of amides is 1. The van der Waals surface area contributed by atoms with E-state index in [2.05, 4.69) is 37.3 Å². The maximum Gasteiger partial charge on any atom is 0.257 e. The number of aromatic nitrogens is 5. The number of fused-ring (bicyclic) bond motifs is 1. The Kier molecular flexibility index (Phi) is 4.57. The molecule has 0 spiro atoms. The van der Waals surface area contributed by atoms with Crippen LogP contribution in [0.1, 0.15) is 40.5 Å². The first-order valence-corrected chi connectivity index (χ1v) is 8.77. The zero-order valence-electron chi connectivity index (χ0n) is 14.7. The first-order chi connectivity index (χ1) is 12.7. The highest BCUT2D eigenvalue weighted by atomic mass is 16.1. The Hall–Kier alpha value is -2.87. The molecule has 1 aliphatic heterocycles. The first kappa shape index (κ1) is 16.6. The van der Waals surface area contributed by atoms with Gasteiger partial charge in [-0.2, -0.15) is 5.10 Å². The lowest BCUT2D eigenvalue weighted by Crippen LogP contribution is -2.31. The quantitative estimate of drug-likeness (QED) is 0.761. The molecule has 26 heavy (non-hydrogen) atoms. The fourth-order valence-electron chi connectivity index (χ4n) is 3.38. The van der Waals surface area contributed by atoms with E-state index < -0.39 is 0 Å². The highest BCUT2D eigenvalue weighted by Crippen LogP contribution is 2.27. The van der Waals surface area contributed by atoms with E-state index >= 15 is 0 Å². The molecule has 8 heteroatoms. The number of piperidine rings is 1. The molecule has 4 heterocycles. The molecule has 1 amide bonds. The fraction of sp³-hybridized carbons (Fsp3) is 0.389. The van der Waals surface area contributed by atoms with Gasteiger partial charge in [0.2, 0.25) is 0 Å². The minimum absolute atomic E-state index is 0.210. The van der Waals surface area contributed by atoms with Gasteiger partial charge in [-0.1, -0.05) is 0 Å². The second-order valence-corrected chi connectivity index (χ2v) is 6.59. The second-order valence-electron chi connectivity index (χ2n) is 6.59. The molecule has 3 aromatic rings. The highest BCUT2D eigenvalue weighted by molar-refractivity contribution is 5.99. The number of rotatable bonds is 4. The molecule has 1 saturated heterocycles. The highest BCUT2D eigenvalue weighted by Gasteiger charge is 2.23. The Morgan fingerprint density at radius 2 is 2.00 bits per heavy atom. The largest absolute Gasteiger partial charge is 0.346 e. The minimum Gasteiger partial charge on any atom is -0.346 e. The van der Waals surface area contributed by atoms with Crippen molar-refractivity contribution in [2.24, 2.45) is 0 Å². The molecule has 4 rings (SSSR count). The van der Waals surface area contributed by atoms with Gasteiger partial charge in [0.15, 0.2) is 5.65 Å². The molecular formula is C18H21N7O. The summed E-state index contributed by atoms with van der Waals surface area (Å²) in [6, 6.07) is 1.77. The summed E-state index contributed by atoms with van der Waals surface area (Å²) >= 11 is 0. The lowest BCUT2D eigenvalue weighted by molar-refractivity contribution is 0.0951. The van der Waals surface area contributed by atoms with Gasteiger partial charge in [0.1, 0.15) is 5.56 Å². The van der Waals surface area contributed by atoms with Crippen molar-refractivity contribution in [2.45, 2.75) is 25.3 Å². The molecule has 1 N–H and O–H groups in total. The van der Waals surface area contributed by atoms with E-state index in [9.17, 15) is 4.79 Å². The van der Waals surface area contributed by atoms with Crippen molar-refractivity contribution >= 4 is 11.6 Å². The van der Waals surface area contributed by atoms with Crippen molar-refractivity contribution in [3.63, 3.8) is 0 Å². The predicted octanol–water partition coefficient (Wildman–Crippen LogP) is 1.26. The number of likely N-dealkylation sites (tertiary alicyclic amines) is 1. The number of nitrogens with one attached hydrogen (secondary N) is 1. The van der Waals surface area contributed by atoms with Crippen LogP contribution in [0.5, 0.6) is 0 Å². The monoisotopic (exact) mass is 351 g/mol. The van der Waals surface area contributed by atoms with Gasteiger partial charge in [0.25, 0.3) is 5.91 Å².